The van der Waals surface area contributed by atoms with Crippen molar-refractivity contribution in [2.24, 2.45) is 0 Å². The van der Waals surface area contributed by atoms with Crippen molar-refractivity contribution in [3.63, 3.8) is 0 Å². The minimum absolute atomic E-state index is 0.0143. The first kappa shape index (κ1) is 29.5. The van der Waals surface area contributed by atoms with Crippen LogP contribution < -0.4 is 10.2 Å². The second kappa shape index (κ2) is 12.5. The number of aliphatic carboxylic acids is 2. The molecule has 2 fully saturated rings. The predicted octanol–water partition coefficient (Wildman–Crippen LogP) is 2.76. The van der Waals surface area contributed by atoms with E-state index in [0.29, 0.717) is 12.6 Å². The summed E-state index contributed by atoms with van der Waals surface area (Å²) in [5.41, 5.74) is 2.77. The number of fused-ring (bicyclic) bond motifs is 1. The number of pyridine rings is 1. The van der Waals surface area contributed by atoms with E-state index in [1.54, 1.807) is 29.2 Å². The number of carboxylic acid groups (broad SMARTS) is 2. The average molecular weight is 558 g/mol. The van der Waals surface area contributed by atoms with E-state index >= 15 is 0 Å². The SMILES string of the molecule is O=C(NCc1cccnc1)N1CC[C@H]2[C@H]1CCN2c1nncs1.O=C(O)C(F)(F)F.O=C(O)C(F)(F)F. The van der Waals surface area contributed by atoms with Crippen molar-refractivity contribution < 1.29 is 50.9 Å². The Hall–Kier alpha value is -3.70. The zero-order valence-corrected chi connectivity index (χ0v) is 19.4. The maximum atomic E-state index is 12.5. The van der Waals surface area contributed by atoms with E-state index in [1.165, 1.54) is 0 Å². The molecule has 2 aromatic rings. The van der Waals surface area contributed by atoms with Crippen molar-refractivity contribution in [2.45, 2.75) is 43.8 Å². The number of hydrogen-bond acceptors (Lipinski definition) is 8. The fourth-order valence-electron chi connectivity index (χ4n) is 3.55. The summed E-state index contributed by atoms with van der Waals surface area (Å²) in [7, 11) is 0. The van der Waals surface area contributed by atoms with E-state index < -0.39 is 24.3 Å². The molecule has 11 nitrogen and oxygen atoms in total. The van der Waals surface area contributed by atoms with Gasteiger partial charge in [0.1, 0.15) is 5.51 Å². The Morgan fingerprint density at radius 2 is 1.62 bits per heavy atom. The van der Waals surface area contributed by atoms with Crippen LogP contribution in [0.15, 0.2) is 30.0 Å². The normalized spacial score (nSPS) is 18.6. The number of halogens is 6. The van der Waals surface area contributed by atoms with Crippen molar-refractivity contribution in [1.82, 2.24) is 25.4 Å². The van der Waals surface area contributed by atoms with Crippen molar-refractivity contribution in [2.75, 3.05) is 18.0 Å². The monoisotopic (exact) mass is 558 g/mol. The highest BCUT2D eigenvalue weighted by Crippen LogP contribution is 2.35. The van der Waals surface area contributed by atoms with Crippen molar-refractivity contribution in [3.8, 4) is 0 Å². The predicted molar refractivity (Wildman–Crippen MR) is 115 cm³/mol. The summed E-state index contributed by atoms with van der Waals surface area (Å²) in [5, 5.41) is 26.3. The van der Waals surface area contributed by atoms with Crippen LogP contribution in [0.1, 0.15) is 18.4 Å². The molecule has 3 N–H and O–H groups in total. The Kier molecular flexibility index (Phi) is 9.98. The summed E-state index contributed by atoms with van der Waals surface area (Å²) in [6.07, 6.45) is -4.67. The van der Waals surface area contributed by atoms with Gasteiger partial charge in [0.2, 0.25) is 5.13 Å². The van der Waals surface area contributed by atoms with Gasteiger partial charge in [0, 0.05) is 32.0 Å². The highest BCUT2D eigenvalue weighted by Gasteiger charge is 2.45. The second-order valence-corrected chi connectivity index (χ2v) is 8.26. The summed E-state index contributed by atoms with van der Waals surface area (Å²) in [4.78, 5) is 38.6. The molecule has 4 rings (SSSR count). The molecule has 0 aromatic carbocycles. The van der Waals surface area contributed by atoms with Crippen molar-refractivity contribution in [1.29, 1.82) is 0 Å². The maximum absolute atomic E-state index is 12.5. The molecule has 37 heavy (non-hydrogen) atoms. The number of likely N-dealkylation sites (tertiary alicyclic amines) is 1. The number of carbonyl (C=O) groups excluding carboxylic acids is 1. The quantitative estimate of drug-likeness (QED) is 0.484. The van der Waals surface area contributed by atoms with Crippen molar-refractivity contribution in [3.05, 3.63) is 35.6 Å². The molecular weight excluding hydrogens is 538 g/mol. The first-order valence-electron chi connectivity index (χ1n) is 10.3. The first-order valence-corrected chi connectivity index (χ1v) is 11.2. The number of carbonyl (C=O) groups is 3. The zero-order valence-electron chi connectivity index (χ0n) is 18.6. The lowest BCUT2D eigenvalue weighted by Crippen LogP contribution is -2.44. The number of anilines is 1. The van der Waals surface area contributed by atoms with Crippen LogP contribution in [0.3, 0.4) is 0 Å². The minimum Gasteiger partial charge on any atom is -0.475 e. The van der Waals surface area contributed by atoms with Crippen LogP contribution in [-0.4, -0.2) is 85.8 Å². The summed E-state index contributed by atoms with van der Waals surface area (Å²) in [5.74, 6) is -5.51. The molecule has 0 bridgehead atoms. The summed E-state index contributed by atoms with van der Waals surface area (Å²) in [6.45, 7) is 2.25. The standard InChI is InChI=1S/C15H18N6OS.2C2HF3O2/c22-14(17-9-11-2-1-5-16-8-11)20-6-3-13-12(20)4-7-21(13)15-19-18-10-23-15;2*3-2(4,5)1(6)7/h1-2,5,8,10,12-13H,3-4,6-7,9H2,(H,17,22);2*(H,6,7)/t12-,13+;;/m1../s1. The van der Waals surface area contributed by atoms with E-state index in [4.69, 9.17) is 19.8 Å². The number of carboxylic acids is 2. The Morgan fingerprint density at radius 3 is 2.11 bits per heavy atom. The molecule has 2 aromatic heterocycles. The lowest BCUT2D eigenvalue weighted by Gasteiger charge is -2.25. The summed E-state index contributed by atoms with van der Waals surface area (Å²) < 4.78 is 63.5. The second-order valence-electron chi connectivity index (χ2n) is 7.45. The van der Waals surface area contributed by atoms with Gasteiger partial charge in [0.15, 0.2) is 0 Å². The van der Waals surface area contributed by atoms with E-state index in [1.807, 2.05) is 17.0 Å². The van der Waals surface area contributed by atoms with Gasteiger partial charge in [0.05, 0.1) is 12.1 Å². The number of amides is 2. The Labute approximate surface area is 208 Å². The Morgan fingerprint density at radius 1 is 1.03 bits per heavy atom. The number of nitrogens with one attached hydrogen (secondary N) is 1. The third-order valence-electron chi connectivity index (χ3n) is 5.08. The van der Waals surface area contributed by atoms with Crippen LogP contribution in [0.2, 0.25) is 0 Å². The van der Waals surface area contributed by atoms with E-state index in [9.17, 15) is 31.1 Å². The van der Waals surface area contributed by atoms with Gasteiger partial charge < -0.3 is 25.3 Å². The third-order valence-corrected chi connectivity index (χ3v) is 5.81. The zero-order chi connectivity index (χ0) is 27.8. The van der Waals surface area contributed by atoms with Gasteiger partial charge in [-0.25, -0.2) is 14.4 Å². The molecule has 2 aliphatic heterocycles. The van der Waals surface area contributed by atoms with Gasteiger partial charge in [0.25, 0.3) is 0 Å². The molecule has 18 heteroatoms. The highest BCUT2D eigenvalue weighted by molar-refractivity contribution is 7.13. The van der Waals surface area contributed by atoms with E-state index in [-0.39, 0.29) is 12.1 Å². The number of nitrogens with zero attached hydrogens (tertiary/aromatic N) is 5. The van der Waals surface area contributed by atoms with Crippen LogP contribution >= 0.6 is 11.3 Å². The number of rotatable bonds is 3. The molecule has 204 valence electrons. The Bertz CT molecular complexity index is 1020. The van der Waals surface area contributed by atoms with Gasteiger partial charge in [-0.3, -0.25) is 4.98 Å². The molecule has 0 unspecified atom stereocenters. The van der Waals surface area contributed by atoms with Crippen LogP contribution in [0.5, 0.6) is 0 Å². The number of aromatic nitrogens is 3. The fourth-order valence-corrected chi connectivity index (χ4v) is 4.20. The maximum Gasteiger partial charge on any atom is 0.490 e. The van der Waals surface area contributed by atoms with Crippen LogP contribution in [0.25, 0.3) is 0 Å². The van der Waals surface area contributed by atoms with Gasteiger partial charge in [-0.1, -0.05) is 17.4 Å². The largest absolute Gasteiger partial charge is 0.490 e. The molecule has 0 saturated carbocycles. The molecule has 2 amide bonds. The van der Waals surface area contributed by atoms with Crippen LogP contribution in [-0.2, 0) is 16.1 Å². The molecule has 4 heterocycles. The number of hydrogen-bond donors (Lipinski definition) is 3. The van der Waals surface area contributed by atoms with E-state index in [2.05, 4.69) is 25.4 Å². The van der Waals surface area contributed by atoms with Gasteiger partial charge >= 0.3 is 30.3 Å². The third kappa shape index (κ3) is 8.72. The average Bonchev–Trinajstić information content (AvgIpc) is 3.55. The lowest BCUT2D eigenvalue weighted by molar-refractivity contribution is -0.193. The molecule has 2 saturated heterocycles. The van der Waals surface area contributed by atoms with Crippen LogP contribution in [0.4, 0.5) is 36.3 Å². The Balaban J connectivity index is 0.000000286. The number of alkyl halides is 6. The molecule has 2 atom stereocenters. The van der Waals surface area contributed by atoms with E-state index in [0.717, 1.165) is 36.6 Å². The summed E-state index contributed by atoms with van der Waals surface area (Å²) in [6, 6.07) is 4.50. The van der Waals surface area contributed by atoms with Crippen LogP contribution in [0, 0.1) is 0 Å². The fraction of sp³-hybridized carbons (Fsp3) is 0.474. The molecule has 2 aliphatic rings. The topological polar surface area (TPSA) is 149 Å². The smallest absolute Gasteiger partial charge is 0.475 e. The first-order chi connectivity index (χ1) is 17.2. The molecular formula is C19H20F6N6O5S. The molecule has 0 radical (unpaired) electrons. The number of urea groups is 1. The van der Waals surface area contributed by atoms with Crippen molar-refractivity contribution >= 4 is 34.4 Å². The van der Waals surface area contributed by atoms with Gasteiger partial charge in [-0.15, -0.1) is 10.2 Å². The lowest BCUT2D eigenvalue weighted by atomic mass is 10.1. The van der Waals surface area contributed by atoms with Gasteiger partial charge in [-0.2, -0.15) is 26.3 Å². The molecule has 0 aliphatic carbocycles. The summed E-state index contributed by atoms with van der Waals surface area (Å²) >= 11 is 1.56. The molecule has 0 spiro atoms. The van der Waals surface area contributed by atoms with Gasteiger partial charge in [-0.05, 0) is 24.5 Å². The minimum atomic E-state index is -5.08. The highest BCUT2D eigenvalue weighted by atomic mass is 32.1.